The van der Waals surface area contributed by atoms with E-state index in [2.05, 4.69) is 15.3 Å². The van der Waals surface area contributed by atoms with Gasteiger partial charge in [-0.2, -0.15) is 0 Å². The average molecular weight is 387 g/mol. The molecule has 0 radical (unpaired) electrons. The van der Waals surface area contributed by atoms with Crippen molar-refractivity contribution in [3.63, 3.8) is 0 Å². The van der Waals surface area contributed by atoms with E-state index in [9.17, 15) is 0 Å². The summed E-state index contributed by atoms with van der Waals surface area (Å²) in [7, 11) is 0. The van der Waals surface area contributed by atoms with Crippen molar-refractivity contribution in [3.8, 4) is 0 Å². The van der Waals surface area contributed by atoms with Crippen LogP contribution in [-0.4, -0.2) is 9.97 Å². The van der Waals surface area contributed by atoms with Crippen molar-refractivity contribution in [2.75, 3.05) is 0 Å². The zero-order valence-corrected chi connectivity index (χ0v) is 14.0. The molecular formula is C12H16CoN12+3. The molecule has 0 aliphatic rings. The smallest absolute Gasteiger partial charge is 0.306 e. The number of hydrogen-bond acceptors (Lipinski definition) is 6. The first-order valence-electron chi connectivity index (χ1n) is 6.23. The van der Waals surface area contributed by atoms with Crippen LogP contribution in [0, 0.1) is 16.6 Å². The Labute approximate surface area is 153 Å². The molecule has 0 spiro atoms. The van der Waals surface area contributed by atoms with Crippen LogP contribution in [0.2, 0.25) is 0 Å². The molecular weight excluding hydrogens is 371 g/mol. The predicted octanol–water partition coefficient (Wildman–Crippen LogP) is 4.39. The Morgan fingerprint density at radius 3 is 1.32 bits per heavy atom. The Morgan fingerprint density at radius 2 is 1.08 bits per heavy atom. The molecule has 0 fully saturated rings. The van der Waals surface area contributed by atoms with E-state index in [1.807, 2.05) is 36.4 Å². The third-order valence-electron chi connectivity index (χ3n) is 2.06. The molecule has 0 aliphatic heterocycles. The van der Waals surface area contributed by atoms with Gasteiger partial charge in [0.05, 0.1) is 11.4 Å². The topological polar surface area (TPSA) is 219 Å². The van der Waals surface area contributed by atoms with Crippen molar-refractivity contribution in [2.24, 2.45) is 0 Å². The van der Waals surface area contributed by atoms with E-state index in [-0.39, 0.29) is 16.8 Å². The number of rotatable bonds is 4. The minimum atomic E-state index is 0. The number of nitrogens with zero attached hydrogens (tertiary/aromatic N) is 8. The second-order valence-corrected chi connectivity index (χ2v) is 3.55. The van der Waals surface area contributed by atoms with E-state index in [0.29, 0.717) is 0 Å². The molecule has 130 valence electrons. The molecule has 2 rings (SSSR count). The maximum absolute atomic E-state index is 6.86. The number of hydrogen-bond donors (Lipinski definition) is 4. The molecule has 25 heavy (non-hydrogen) atoms. The van der Waals surface area contributed by atoms with Crippen molar-refractivity contribution in [2.45, 2.75) is 13.1 Å². The zero-order chi connectivity index (χ0) is 18.5. The summed E-state index contributed by atoms with van der Waals surface area (Å²) in [6.07, 6.45) is 3.61. The molecule has 4 N–H and O–H groups in total. The Balaban J connectivity index is -0.000000412. The van der Waals surface area contributed by atoms with Gasteiger partial charge in [0.1, 0.15) is 0 Å². The monoisotopic (exact) mass is 387 g/mol. The van der Waals surface area contributed by atoms with Crippen LogP contribution in [0.1, 0.15) is 11.4 Å². The van der Waals surface area contributed by atoms with Crippen molar-refractivity contribution < 1.29 is 16.8 Å². The van der Waals surface area contributed by atoms with Crippen molar-refractivity contribution >= 4 is 0 Å². The number of aromatic nitrogens is 2. The van der Waals surface area contributed by atoms with E-state index in [1.165, 1.54) is 0 Å². The van der Waals surface area contributed by atoms with Gasteiger partial charge in [-0.1, -0.05) is 12.1 Å². The molecule has 0 aliphatic carbocycles. The van der Waals surface area contributed by atoms with E-state index in [4.69, 9.17) is 33.2 Å². The predicted molar refractivity (Wildman–Crippen MR) is 87.3 cm³/mol. The first kappa shape index (κ1) is 26.6. The minimum Gasteiger partial charge on any atom is -0.306 e. The van der Waals surface area contributed by atoms with Crippen LogP contribution in [0.3, 0.4) is 0 Å². The van der Waals surface area contributed by atoms with Gasteiger partial charge in [0.2, 0.25) is 0 Å². The Hall–Kier alpha value is -3.30. The summed E-state index contributed by atoms with van der Waals surface area (Å²) < 4.78 is 0. The molecule has 0 unspecified atom stereocenters. The van der Waals surface area contributed by atoms with Crippen LogP contribution in [0.25, 0.3) is 31.3 Å². The fourth-order valence-electron chi connectivity index (χ4n) is 1.32. The fraction of sp³-hybridized carbons (Fsp3) is 0.167. The third kappa shape index (κ3) is 20.7. The van der Waals surface area contributed by atoms with Gasteiger partial charge >= 0.3 is 16.8 Å². The first-order chi connectivity index (χ1) is 11.7. The second-order valence-electron chi connectivity index (χ2n) is 3.55. The van der Waals surface area contributed by atoms with Crippen LogP contribution in [0.5, 0.6) is 0 Å². The SMILES string of the molecule is [Co+3].[N-]=[N+]=N.[N-]=[N+]=N.[N-]=[N+]=N.c1ccc(CNCc2ccccn2)nc1. The maximum Gasteiger partial charge on any atom is 3.00 e. The normalized spacial score (nSPS) is 7.04. The molecule has 13 heteroatoms. The maximum atomic E-state index is 6.86. The summed E-state index contributed by atoms with van der Waals surface area (Å²) in [6, 6.07) is 11.8. The van der Waals surface area contributed by atoms with Gasteiger partial charge in [-0.05, 0) is 55.6 Å². The summed E-state index contributed by atoms with van der Waals surface area (Å²) in [5.41, 5.74) is 38.8. The van der Waals surface area contributed by atoms with Gasteiger partial charge in [0, 0.05) is 25.5 Å². The Bertz CT molecular complexity index is 562. The summed E-state index contributed by atoms with van der Waals surface area (Å²) in [6.45, 7) is 1.55. The van der Waals surface area contributed by atoms with Crippen LogP contribution in [0.15, 0.2) is 48.8 Å². The van der Waals surface area contributed by atoms with Crippen LogP contribution in [-0.2, 0) is 29.9 Å². The standard InChI is InChI=1S/C12H13N3.Co.3HN3/c1-3-7-14-11(5-1)9-13-10-12-6-2-4-8-15-12;;3*1-3-2/h1-8,13H,9-10H2;;3*1H/q;+3;;;. The molecule has 0 aromatic carbocycles. The Kier molecular flexibility index (Phi) is 24.4. The van der Waals surface area contributed by atoms with Crippen LogP contribution < -0.4 is 5.32 Å². The van der Waals surface area contributed by atoms with Crippen LogP contribution >= 0.6 is 0 Å². The second kappa shape index (κ2) is 23.0. The third-order valence-corrected chi connectivity index (χ3v) is 2.06. The Morgan fingerprint density at radius 1 is 0.760 bits per heavy atom. The molecule has 2 aromatic heterocycles. The molecule has 2 aromatic rings. The van der Waals surface area contributed by atoms with Crippen molar-refractivity contribution in [1.82, 2.24) is 15.3 Å². The van der Waals surface area contributed by atoms with Gasteiger partial charge < -0.3 is 5.32 Å². The van der Waals surface area contributed by atoms with Gasteiger partial charge in [-0.25, -0.2) is 0 Å². The van der Waals surface area contributed by atoms with Gasteiger partial charge in [0.15, 0.2) is 0 Å². The van der Waals surface area contributed by atoms with Crippen molar-refractivity contribution in [3.05, 3.63) is 91.5 Å². The fourth-order valence-corrected chi connectivity index (χ4v) is 1.32. The molecule has 12 nitrogen and oxygen atoms in total. The van der Waals surface area contributed by atoms with Crippen molar-refractivity contribution in [1.29, 1.82) is 16.6 Å². The molecule has 0 saturated carbocycles. The summed E-state index contributed by atoms with van der Waals surface area (Å²) in [4.78, 5) is 13.7. The molecule has 0 amide bonds. The van der Waals surface area contributed by atoms with E-state index in [1.54, 1.807) is 27.1 Å². The van der Waals surface area contributed by atoms with Gasteiger partial charge in [-0.3, -0.25) is 9.97 Å². The number of nitrogens with one attached hydrogen (secondary N) is 4. The molecule has 0 bridgehead atoms. The largest absolute Gasteiger partial charge is 3.00 e. The van der Waals surface area contributed by atoms with E-state index in [0.717, 1.165) is 24.5 Å². The zero-order valence-electron chi connectivity index (χ0n) is 12.9. The van der Waals surface area contributed by atoms with Gasteiger partial charge in [0.25, 0.3) is 0 Å². The number of pyridine rings is 2. The average Bonchev–Trinajstić information content (AvgIpc) is 2.59. The molecule has 0 saturated heterocycles. The summed E-state index contributed by atoms with van der Waals surface area (Å²) in [5.74, 6) is 0. The molecule has 0 atom stereocenters. The quantitative estimate of drug-likeness (QED) is 0.341. The van der Waals surface area contributed by atoms with Crippen LogP contribution in [0.4, 0.5) is 0 Å². The van der Waals surface area contributed by atoms with E-state index >= 15 is 0 Å². The van der Waals surface area contributed by atoms with E-state index < -0.39 is 0 Å². The summed E-state index contributed by atoms with van der Waals surface area (Å²) >= 11 is 0. The molecule has 2 heterocycles. The van der Waals surface area contributed by atoms with Gasteiger partial charge in [-0.15, -0.1) is 16.6 Å². The minimum absolute atomic E-state index is 0. The summed E-state index contributed by atoms with van der Waals surface area (Å²) in [5, 5.41) is 3.29. The first-order valence-corrected chi connectivity index (χ1v) is 6.23.